The lowest BCUT2D eigenvalue weighted by molar-refractivity contribution is 0.0174. The first-order valence-corrected chi connectivity index (χ1v) is 4.99. The third-order valence-corrected chi connectivity index (χ3v) is 2.76. The summed E-state index contributed by atoms with van der Waals surface area (Å²) >= 11 is 0. The summed E-state index contributed by atoms with van der Waals surface area (Å²) in [7, 11) is 0. The topological polar surface area (TPSA) is 38.0 Å². The highest BCUT2D eigenvalue weighted by molar-refractivity contribution is 5.55. The number of nitrogen functional groups attached to an aromatic ring is 1. The van der Waals surface area contributed by atoms with Crippen LogP contribution in [0.5, 0.6) is 0 Å². The fraction of sp³-hybridized carbons (Fsp3) is 0.455. The fourth-order valence-corrected chi connectivity index (χ4v) is 1.89. The molecule has 1 aliphatic rings. The van der Waals surface area contributed by atoms with Crippen LogP contribution in [0, 0.1) is 0 Å². The average molecular weight is 212 g/mol. The first kappa shape index (κ1) is 10.4. The number of benzene rings is 1. The van der Waals surface area contributed by atoms with E-state index in [9.17, 15) is 8.78 Å². The molecule has 82 valence electrons. The number of hydrogen-bond donors (Lipinski definition) is 2. The predicted octanol–water partition coefficient (Wildman–Crippen LogP) is 2.03. The first-order valence-electron chi connectivity index (χ1n) is 4.99. The summed E-state index contributed by atoms with van der Waals surface area (Å²) in [6.45, 7) is 2.40. The van der Waals surface area contributed by atoms with Gasteiger partial charge in [-0.2, -0.15) is 0 Å². The highest BCUT2D eigenvalue weighted by Gasteiger charge is 2.26. The van der Waals surface area contributed by atoms with E-state index >= 15 is 0 Å². The highest BCUT2D eigenvalue weighted by Crippen LogP contribution is 2.32. The van der Waals surface area contributed by atoms with Gasteiger partial charge >= 0.3 is 0 Å². The molecule has 0 aromatic heterocycles. The molecule has 15 heavy (non-hydrogen) atoms. The van der Waals surface area contributed by atoms with Crippen LogP contribution in [0.3, 0.4) is 0 Å². The molecule has 0 saturated carbocycles. The average Bonchev–Trinajstić information content (AvgIpc) is 2.16. The van der Waals surface area contributed by atoms with E-state index in [1.54, 1.807) is 6.07 Å². The van der Waals surface area contributed by atoms with Crippen molar-refractivity contribution in [3.63, 3.8) is 0 Å². The monoisotopic (exact) mass is 212 g/mol. The summed E-state index contributed by atoms with van der Waals surface area (Å²) in [5.74, 6) is -2.81. The Balaban J connectivity index is 2.50. The molecule has 0 amide bonds. The number of fused-ring (bicyclic) bond motifs is 1. The molecule has 0 spiro atoms. The maximum Gasteiger partial charge on any atom is 0.270 e. The van der Waals surface area contributed by atoms with E-state index in [1.165, 1.54) is 6.07 Å². The molecule has 1 aromatic carbocycles. The molecule has 0 atom stereocenters. The van der Waals surface area contributed by atoms with Gasteiger partial charge in [-0.3, -0.25) is 0 Å². The SMILES string of the molecule is CC(F)(F)c1cc(N)c2c(c1)CCNC2. The molecule has 0 fully saturated rings. The van der Waals surface area contributed by atoms with Crippen molar-refractivity contribution in [1.82, 2.24) is 5.32 Å². The molecule has 1 heterocycles. The minimum absolute atomic E-state index is 0.0145. The van der Waals surface area contributed by atoms with Gasteiger partial charge in [-0.1, -0.05) is 0 Å². The van der Waals surface area contributed by atoms with E-state index in [0.29, 0.717) is 12.2 Å². The van der Waals surface area contributed by atoms with E-state index < -0.39 is 5.92 Å². The van der Waals surface area contributed by atoms with Gasteiger partial charge in [-0.05, 0) is 36.2 Å². The lowest BCUT2D eigenvalue weighted by Gasteiger charge is -2.22. The molecular formula is C11H14F2N2. The zero-order chi connectivity index (χ0) is 11.1. The Bertz CT molecular complexity index is 383. The van der Waals surface area contributed by atoms with E-state index in [-0.39, 0.29) is 5.56 Å². The smallest absolute Gasteiger partial charge is 0.270 e. The van der Waals surface area contributed by atoms with Gasteiger partial charge in [0.15, 0.2) is 0 Å². The van der Waals surface area contributed by atoms with Gasteiger partial charge in [0.1, 0.15) is 0 Å². The number of nitrogens with one attached hydrogen (secondary N) is 1. The molecule has 1 aliphatic heterocycles. The van der Waals surface area contributed by atoms with Crippen LogP contribution in [-0.2, 0) is 18.9 Å². The third kappa shape index (κ3) is 1.95. The van der Waals surface area contributed by atoms with Crippen molar-refractivity contribution < 1.29 is 8.78 Å². The van der Waals surface area contributed by atoms with Crippen molar-refractivity contribution in [1.29, 1.82) is 0 Å². The van der Waals surface area contributed by atoms with E-state index in [1.807, 2.05) is 0 Å². The molecule has 0 unspecified atom stereocenters. The minimum atomic E-state index is -2.81. The van der Waals surface area contributed by atoms with E-state index in [4.69, 9.17) is 5.73 Å². The summed E-state index contributed by atoms with van der Waals surface area (Å²) < 4.78 is 26.3. The molecule has 0 aliphatic carbocycles. The highest BCUT2D eigenvalue weighted by atomic mass is 19.3. The van der Waals surface area contributed by atoms with Crippen LogP contribution in [-0.4, -0.2) is 6.54 Å². The standard InChI is InChI=1S/C11H14F2N2/c1-11(12,13)8-4-7-2-3-15-6-9(7)10(14)5-8/h4-5,15H,2-3,6,14H2,1H3. The third-order valence-electron chi connectivity index (χ3n) is 2.76. The maximum absolute atomic E-state index is 13.1. The molecular weight excluding hydrogens is 198 g/mol. The number of nitrogens with two attached hydrogens (primary N) is 1. The maximum atomic E-state index is 13.1. The zero-order valence-electron chi connectivity index (χ0n) is 8.61. The first-order chi connectivity index (χ1) is 6.98. The Morgan fingerprint density at radius 3 is 2.80 bits per heavy atom. The van der Waals surface area contributed by atoms with Crippen molar-refractivity contribution in [2.45, 2.75) is 25.8 Å². The molecule has 0 bridgehead atoms. The van der Waals surface area contributed by atoms with Crippen LogP contribution in [0.25, 0.3) is 0 Å². The van der Waals surface area contributed by atoms with Crippen LogP contribution in [0.4, 0.5) is 14.5 Å². The molecule has 2 rings (SSSR count). The second-order valence-electron chi connectivity index (χ2n) is 4.02. The molecule has 0 saturated heterocycles. The number of halogens is 2. The van der Waals surface area contributed by atoms with Crippen molar-refractivity contribution in [3.8, 4) is 0 Å². The Morgan fingerprint density at radius 2 is 2.13 bits per heavy atom. The van der Waals surface area contributed by atoms with Crippen LogP contribution in [0.1, 0.15) is 23.6 Å². The zero-order valence-corrected chi connectivity index (χ0v) is 8.61. The normalized spacial score (nSPS) is 16.2. The van der Waals surface area contributed by atoms with Gasteiger partial charge in [0.05, 0.1) is 0 Å². The Kier molecular flexibility index (Phi) is 2.38. The van der Waals surface area contributed by atoms with Crippen LogP contribution >= 0.6 is 0 Å². The Hall–Kier alpha value is -1.16. The van der Waals surface area contributed by atoms with Crippen LogP contribution in [0.15, 0.2) is 12.1 Å². The van der Waals surface area contributed by atoms with Crippen molar-refractivity contribution in [2.24, 2.45) is 0 Å². The Morgan fingerprint density at radius 1 is 1.40 bits per heavy atom. The Labute approximate surface area is 87.5 Å². The van der Waals surface area contributed by atoms with Crippen molar-refractivity contribution >= 4 is 5.69 Å². The molecule has 1 aromatic rings. The van der Waals surface area contributed by atoms with Crippen LogP contribution in [0.2, 0.25) is 0 Å². The number of rotatable bonds is 1. The molecule has 4 heteroatoms. The van der Waals surface area contributed by atoms with Crippen molar-refractivity contribution in [2.75, 3.05) is 12.3 Å². The molecule has 0 radical (unpaired) electrons. The largest absolute Gasteiger partial charge is 0.398 e. The second-order valence-corrected chi connectivity index (χ2v) is 4.02. The van der Waals surface area contributed by atoms with Gasteiger partial charge < -0.3 is 11.1 Å². The lowest BCUT2D eigenvalue weighted by Crippen LogP contribution is -2.25. The van der Waals surface area contributed by atoms with Gasteiger partial charge in [-0.15, -0.1) is 0 Å². The summed E-state index contributed by atoms with van der Waals surface area (Å²) in [6, 6.07) is 2.96. The minimum Gasteiger partial charge on any atom is -0.398 e. The van der Waals surface area contributed by atoms with Crippen LogP contribution < -0.4 is 11.1 Å². The summed E-state index contributed by atoms with van der Waals surface area (Å²) in [5, 5.41) is 3.17. The van der Waals surface area contributed by atoms with Gasteiger partial charge in [0, 0.05) is 24.7 Å². The number of alkyl halides is 2. The van der Waals surface area contributed by atoms with E-state index in [2.05, 4.69) is 5.32 Å². The number of anilines is 1. The summed E-state index contributed by atoms with van der Waals surface area (Å²) in [5.41, 5.74) is 8.16. The molecule has 3 N–H and O–H groups in total. The second kappa shape index (κ2) is 3.45. The quantitative estimate of drug-likeness (QED) is 0.699. The van der Waals surface area contributed by atoms with Gasteiger partial charge in [0.25, 0.3) is 5.92 Å². The van der Waals surface area contributed by atoms with E-state index in [0.717, 1.165) is 31.0 Å². The lowest BCUT2D eigenvalue weighted by atomic mass is 9.95. The van der Waals surface area contributed by atoms with Crippen molar-refractivity contribution in [3.05, 3.63) is 28.8 Å². The van der Waals surface area contributed by atoms with Gasteiger partial charge in [0.2, 0.25) is 0 Å². The summed E-state index contributed by atoms with van der Waals surface area (Å²) in [6.07, 6.45) is 0.767. The predicted molar refractivity (Wildman–Crippen MR) is 55.8 cm³/mol. The summed E-state index contributed by atoms with van der Waals surface area (Å²) in [4.78, 5) is 0. The number of hydrogen-bond acceptors (Lipinski definition) is 2. The molecule has 2 nitrogen and oxygen atoms in total. The fourth-order valence-electron chi connectivity index (χ4n) is 1.89. The van der Waals surface area contributed by atoms with Gasteiger partial charge in [-0.25, -0.2) is 8.78 Å².